The largest absolute Gasteiger partial charge is 0.481 e. The van der Waals surface area contributed by atoms with Gasteiger partial charge in [-0.1, -0.05) is 61.4 Å². The summed E-state index contributed by atoms with van der Waals surface area (Å²) in [5.74, 6) is -1.45. The lowest BCUT2D eigenvalue weighted by molar-refractivity contribution is -0.138. The second kappa shape index (κ2) is 12.1. The Morgan fingerprint density at radius 2 is 0.881 bits per heavy atom. The number of hydrogen-bond donors (Lipinski definition) is 2. The van der Waals surface area contributed by atoms with Crippen LogP contribution in [0, 0.1) is 0 Å². The standard InChI is InChI=1S/C36H36N2O4/c39-35(40)15-3-1-9-21-37-31-13-7-5-11-27(31)29-23-25(17-19-33(29)37)26-18-20-34-30(24-26)28-12-6-8-14-32(28)38(34)22-10-2-4-16-36(41)42/h5-8,11-14,17-20,23-24H,1-4,9-10,15-16,21-22H2,(H,39,40)(H,41,42). The van der Waals surface area contributed by atoms with Crippen LogP contribution in [-0.2, 0) is 22.7 Å². The maximum atomic E-state index is 10.9. The molecule has 42 heavy (non-hydrogen) atoms. The number of aromatic nitrogens is 2. The molecule has 0 spiro atoms. The molecule has 0 aliphatic carbocycles. The Kier molecular flexibility index (Phi) is 7.95. The van der Waals surface area contributed by atoms with E-state index in [1.165, 1.54) is 54.7 Å². The Balaban J connectivity index is 1.33. The SMILES string of the molecule is O=C(O)CCCCCn1c2ccccc2c2cc(-c3ccc4c(c3)c3ccccc3n4CCCCCC(=O)O)ccc21. The number of aliphatic carboxylic acids is 2. The molecule has 0 fully saturated rings. The summed E-state index contributed by atoms with van der Waals surface area (Å²) in [4.78, 5) is 21.8. The van der Waals surface area contributed by atoms with Gasteiger partial charge in [-0.25, -0.2) is 0 Å². The van der Waals surface area contributed by atoms with Crippen LogP contribution in [0.5, 0.6) is 0 Å². The minimum absolute atomic E-state index is 0.229. The minimum atomic E-state index is -0.727. The van der Waals surface area contributed by atoms with E-state index < -0.39 is 11.9 Å². The van der Waals surface area contributed by atoms with Crippen LogP contribution in [0.1, 0.15) is 51.4 Å². The predicted molar refractivity (Wildman–Crippen MR) is 170 cm³/mol. The number of rotatable bonds is 13. The van der Waals surface area contributed by atoms with Crippen molar-refractivity contribution < 1.29 is 19.8 Å². The van der Waals surface area contributed by atoms with Crippen molar-refractivity contribution in [1.29, 1.82) is 0 Å². The molecular weight excluding hydrogens is 524 g/mol. The van der Waals surface area contributed by atoms with E-state index in [0.717, 1.165) is 38.8 Å². The molecule has 2 aromatic heterocycles. The van der Waals surface area contributed by atoms with Gasteiger partial charge in [0, 0.05) is 69.5 Å². The zero-order valence-electron chi connectivity index (χ0n) is 23.8. The van der Waals surface area contributed by atoms with E-state index in [1.807, 2.05) is 0 Å². The zero-order chi connectivity index (χ0) is 29.1. The highest BCUT2D eigenvalue weighted by Gasteiger charge is 2.14. The Labute approximate surface area is 244 Å². The first-order valence-electron chi connectivity index (χ1n) is 15.0. The average molecular weight is 561 g/mol. The van der Waals surface area contributed by atoms with Crippen LogP contribution in [0.4, 0.5) is 0 Å². The van der Waals surface area contributed by atoms with Crippen LogP contribution in [0.15, 0.2) is 84.9 Å². The number of aryl methyl sites for hydroxylation is 2. The van der Waals surface area contributed by atoms with Crippen LogP contribution in [0.25, 0.3) is 54.7 Å². The number of unbranched alkanes of at least 4 members (excludes halogenated alkanes) is 4. The summed E-state index contributed by atoms with van der Waals surface area (Å²) in [5.41, 5.74) is 7.20. The van der Waals surface area contributed by atoms with Gasteiger partial charge in [0.1, 0.15) is 0 Å². The molecule has 0 aliphatic rings. The number of carboxylic acid groups (broad SMARTS) is 2. The van der Waals surface area contributed by atoms with Crippen molar-refractivity contribution in [2.75, 3.05) is 0 Å². The Morgan fingerprint density at radius 3 is 1.31 bits per heavy atom. The molecule has 0 unspecified atom stereocenters. The van der Waals surface area contributed by atoms with E-state index in [2.05, 4.69) is 94.1 Å². The van der Waals surface area contributed by atoms with Gasteiger partial charge in [-0.3, -0.25) is 9.59 Å². The van der Waals surface area contributed by atoms with Crippen molar-refractivity contribution in [2.24, 2.45) is 0 Å². The first-order valence-corrected chi connectivity index (χ1v) is 15.0. The quantitative estimate of drug-likeness (QED) is 0.138. The second-order valence-corrected chi connectivity index (χ2v) is 11.2. The van der Waals surface area contributed by atoms with Crippen LogP contribution in [0.3, 0.4) is 0 Å². The predicted octanol–water partition coefficient (Wildman–Crippen LogP) is 8.86. The molecule has 0 saturated carbocycles. The number of hydrogen-bond acceptors (Lipinski definition) is 2. The third-order valence-corrected chi connectivity index (χ3v) is 8.42. The number of nitrogens with zero attached hydrogens (tertiary/aromatic N) is 2. The van der Waals surface area contributed by atoms with E-state index in [-0.39, 0.29) is 12.8 Å². The summed E-state index contributed by atoms with van der Waals surface area (Å²) in [6, 6.07) is 30.6. The molecule has 4 aromatic carbocycles. The average Bonchev–Trinajstić information content (AvgIpc) is 3.48. The molecule has 2 heterocycles. The summed E-state index contributed by atoms with van der Waals surface area (Å²) in [7, 11) is 0. The summed E-state index contributed by atoms with van der Waals surface area (Å²) >= 11 is 0. The van der Waals surface area contributed by atoms with Crippen LogP contribution in [0.2, 0.25) is 0 Å². The third kappa shape index (κ3) is 5.49. The normalized spacial score (nSPS) is 11.7. The number of fused-ring (bicyclic) bond motifs is 6. The highest BCUT2D eigenvalue weighted by molar-refractivity contribution is 6.11. The maximum Gasteiger partial charge on any atom is 0.303 e. The van der Waals surface area contributed by atoms with Crippen LogP contribution >= 0.6 is 0 Å². The van der Waals surface area contributed by atoms with Gasteiger partial charge in [0.05, 0.1) is 0 Å². The second-order valence-electron chi connectivity index (χ2n) is 11.2. The van der Waals surface area contributed by atoms with Crippen LogP contribution < -0.4 is 0 Å². The molecule has 6 aromatic rings. The van der Waals surface area contributed by atoms with Gasteiger partial charge in [-0.2, -0.15) is 0 Å². The highest BCUT2D eigenvalue weighted by atomic mass is 16.4. The van der Waals surface area contributed by atoms with Gasteiger partial charge in [-0.05, 0) is 73.2 Å². The fraction of sp³-hybridized carbons (Fsp3) is 0.278. The lowest BCUT2D eigenvalue weighted by atomic mass is 10.0. The fourth-order valence-electron chi connectivity index (χ4n) is 6.39. The highest BCUT2D eigenvalue weighted by Crippen LogP contribution is 2.36. The molecule has 0 atom stereocenters. The minimum Gasteiger partial charge on any atom is -0.481 e. The van der Waals surface area contributed by atoms with Crippen molar-refractivity contribution in [3.63, 3.8) is 0 Å². The first-order chi connectivity index (χ1) is 20.5. The monoisotopic (exact) mass is 560 g/mol. The molecule has 6 rings (SSSR count). The molecule has 2 N–H and O–H groups in total. The molecule has 0 bridgehead atoms. The molecule has 6 nitrogen and oxygen atoms in total. The topological polar surface area (TPSA) is 84.5 Å². The number of benzene rings is 4. The summed E-state index contributed by atoms with van der Waals surface area (Å²) < 4.78 is 4.75. The van der Waals surface area contributed by atoms with E-state index >= 15 is 0 Å². The van der Waals surface area contributed by atoms with Crippen molar-refractivity contribution in [3.05, 3.63) is 84.9 Å². The van der Waals surface area contributed by atoms with Gasteiger partial charge < -0.3 is 19.3 Å². The van der Waals surface area contributed by atoms with Crippen molar-refractivity contribution >= 4 is 55.6 Å². The van der Waals surface area contributed by atoms with Gasteiger partial charge in [0.2, 0.25) is 0 Å². The summed E-state index contributed by atoms with van der Waals surface area (Å²) in [6.07, 6.45) is 5.56. The lowest BCUT2D eigenvalue weighted by Crippen LogP contribution is -1.99. The third-order valence-electron chi connectivity index (χ3n) is 8.42. The Morgan fingerprint density at radius 1 is 0.476 bits per heavy atom. The number of carboxylic acids is 2. The maximum absolute atomic E-state index is 10.9. The number of carbonyl (C=O) groups is 2. The van der Waals surface area contributed by atoms with Gasteiger partial charge in [0.15, 0.2) is 0 Å². The van der Waals surface area contributed by atoms with Crippen LogP contribution in [-0.4, -0.2) is 31.3 Å². The smallest absolute Gasteiger partial charge is 0.303 e. The molecule has 0 saturated heterocycles. The fourth-order valence-corrected chi connectivity index (χ4v) is 6.39. The molecule has 0 amide bonds. The van der Waals surface area contributed by atoms with Crippen molar-refractivity contribution in [2.45, 2.75) is 64.5 Å². The van der Waals surface area contributed by atoms with Gasteiger partial charge >= 0.3 is 11.9 Å². The first kappa shape index (κ1) is 27.6. The molecule has 214 valence electrons. The Hall–Kier alpha value is -4.58. The lowest BCUT2D eigenvalue weighted by Gasteiger charge is -2.09. The molecule has 6 heteroatoms. The van der Waals surface area contributed by atoms with E-state index in [9.17, 15) is 9.59 Å². The van der Waals surface area contributed by atoms with E-state index in [4.69, 9.17) is 10.2 Å². The van der Waals surface area contributed by atoms with E-state index in [1.54, 1.807) is 0 Å². The zero-order valence-corrected chi connectivity index (χ0v) is 23.8. The van der Waals surface area contributed by atoms with Gasteiger partial charge in [-0.15, -0.1) is 0 Å². The summed E-state index contributed by atoms with van der Waals surface area (Å²) in [5, 5.41) is 22.9. The summed E-state index contributed by atoms with van der Waals surface area (Å²) in [6.45, 7) is 1.73. The van der Waals surface area contributed by atoms with E-state index in [0.29, 0.717) is 12.8 Å². The van der Waals surface area contributed by atoms with Gasteiger partial charge in [0.25, 0.3) is 0 Å². The Bertz CT molecular complexity index is 1770. The van der Waals surface area contributed by atoms with Crippen molar-refractivity contribution in [3.8, 4) is 11.1 Å². The molecule has 0 aliphatic heterocycles. The number of para-hydroxylation sites is 2. The van der Waals surface area contributed by atoms with Crippen molar-refractivity contribution in [1.82, 2.24) is 9.13 Å². The molecule has 0 radical (unpaired) electrons. The molecular formula is C36H36N2O4.